The molecule has 2 aromatic carbocycles. The molecule has 2 aromatic rings. The molecule has 1 heterocycles. The summed E-state index contributed by atoms with van der Waals surface area (Å²) in [6.07, 6.45) is -1.05. The normalized spacial score (nSPS) is 17.4. The lowest BCUT2D eigenvalue weighted by atomic mass is 9.90. The van der Waals surface area contributed by atoms with E-state index in [4.69, 9.17) is 5.73 Å². The predicted molar refractivity (Wildman–Crippen MR) is 103 cm³/mol. The summed E-state index contributed by atoms with van der Waals surface area (Å²) in [5.41, 5.74) is 8.52. The Morgan fingerprint density at radius 3 is 2.35 bits per heavy atom. The standard InChI is InChI=1S/C21H23N3O2/c1-21(2,3)17(25)13-24-16-12-8-7-11-15(16)18(23-19(22)20(24)26)14-9-5-4-6-10-14/h4-12,19H,13,22H2,1-3H3. The fraction of sp³-hybridized carbons (Fsp3) is 0.286. The van der Waals surface area contributed by atoms with Gasteiger partial charge in [-0.15, -0.1) is 0 Å². The van der Waals surface area contributed by atoms with Crippen LogP contribution < -0.4 is 10.6 Å². The molecule has 5 nitrogen and oxygen atoms in total. The number of rotatable bonds is 3. The fourth-order valence-corrected chi connectivity index (χ4v) is 2.82. The van der Waals surface area contributed by atoms with Gasteiger partial charge in [0.1, 0.15) is 0 Å². The van der Waals surface area contributed by atoms with Gasteiger partial charge in [-0.3, -0.25) is 14.6 Å². The van der Waals surface area contributed by atoms with E-state index in [1.54, 1.807) is 0 Å². The van der Waals surface area contributed by atoms with Crippen LogP contribution in [0.3, 0.4) is 0 Å². The van der Waals surface area contributed by atoms with Gasteiger partial charge in [0.15, 0.2) is 11.9 Å². The van der Waals surface area contributed by atoms with E-state index in [1.807, 2.05) is 75.4 Å². The fourth-order valence-electron chi connectivity index (χ4n) is 2.82. The highest BCUT2D eigenvalue weighted by atomic mass is 16.2. The second-order valence-corrected chi connectivity index (χ2v) is 7.40. The Labute approximate surface area is 153 Å². The molecular formula is C21H23N3O2. The van der Waals surface area contributed by atoms with Gasteiger partial charge in [-0.25, -0.2) is 0 Å². The largest absolute Gasteiger partial charge is 0.302 e. The lowest BCUT2D eigenvalue weighted by molar-refractivity contribution is -0.127. The van der Waals surface area contributed by atoms with E-state index in [9.17, 15) is 9.59 Å². The molecule has 0 radical (unpaired) electrons. The second-order valence-electron chi connectivity index (χ2n) is 7.40. The number of amides is 1. The second kappa shape index (κ2) is 6.84. The molecule has 0 fully saturated rings. The minimum absolute atomic E-state index is 0.0232. The monoisotopic (exact) mass is 349 g/mol. The SMILES string of the molecule is CC(C)(C)C(=O)CN1C(=O)C(N)N=C(c2ccccc2)c2ccccc21. The number of Topliss-reactive ketones (excluding diaryl/α,β-unsaturated/α-hetero) is 1. The maximum atomic E-state index is 12.9. The molecule has 1 unspecified atom stereocenters. The van der Waals surface area contributed by atoms with E-state index >= 15 is 0 Å². The van der Waals surface area contributed by atoms with E-state index in [0.717, 1.165) is 11.1 Å². The summed E-state index contributed by atoms with van der Waals surface area (Å²) in [6.45, 7) is 5.50. The summed E-state index contributed by atoms with van der Waals surface area (Å²) < 4.78 is 0. The number of nitrogens with zero attached hydrogens (tertiary/aromatic N) is 2. The summed E-state index contributed by atoms with van der Waals surface area (Å²) >= 11 is 0. The number of para-hydroxylation sites is 1. The number of anilines is 1. The summed E-state index contributed by atoms with van der Waals surface area (Å²) in [5, 5.41) is 0. The smallest absolute Gasteiger partial charge is 0.266 e. The van der Waals surface area contributed by atoms with Crippen LogP contribution in [0.1, 0.15) is 31.9 Å². The van der Waals surface area contributed by atoms with Crippen molar-refractivity contribution in [3.63, 3.8) is 0 Å². The summed E-state index contributed by atoms with van der Waals surface area (Å²) in [5.74, 6) is -0.406. The molecule has 0 aliphatic carbocycles. The van der Waals surface area contributed by atoms with Gasteiger partial charge in [0.05, 0.1) is 17.9 Å². The molecular weight excluding hydrogens is 326 g/mol. The van der Waals surface area contributed by atoms with Crippen LogP contribution in [0.2, 0.25) is 0 Å². The third-order valence-corrected chi connectivity index (χ3v) is 4.42. The first kappa shape index (κ1) is 18.0. The lowest BCUT2D eigenvalue weighted by Crippen LogP contribution is -2.46. The highest BCUT2D eigenvalue weighted by Crippen LogP contribution is 2.28. The van der Waals surface area contributed by atoms with Crippen molar-refractivity contribution in [1.82, 2.24) is 0 Å². The summed E-state index contributed by atoms with van der Waals surface area (Å²) in [4.78, 5) is 31.4. The van der Waals surface area contributed by atoms with Crippen molar-refractivity contribution in [1.29, 1.82) is 0 Å². The first-order chi connectivity index (χ1) is 12.3. The molecule has 0 saturated heterocycles. The zero-order valence-electron chi connectivity index (χ0n) is 15.3. The number of hydrogen-bond acceptors (Lipinski definition) is 4. The quantitative estimate of drug-likeness (QED) is 0.926. The van der Waals surface area contributed by atoms with Gasteiger partial charge < -0.3 is 10.6 Å². The number of benzene rings is 2. The van der Waals surface area contributed by atoms with Gasteiger partial charge in [0.25, 0.3) is 5.91 Å². The highest BCUT2D eigenvalue weighted by Gasteiger charge is 2.33. The number of fused-ring (bicyclic) bond motifs is 1. The van der Waals surface area contributed by atoms with Crippen molar-refractivity contribution in [3.05, 3.63) is 65.7 Å². The molecule has 134 valence electrons. The van der Waals surface area contributed by atoms with Crippen molar-refractivity contribution < 1.29 is 9.59 Å². The van der Waals surface area contributed by atoms with Crippen LogP contribution >= 0.6 is 0 Å². The Kier molecular flexibility index (Phi) is 4.74. The number of hydrogen-bond donors (Lipinski definition) is 1. The van der Waals surface area contributed by atoms with Crippen LogP contribution in [0.4, 0.5) is 5.69 Å². The Bertz CT molecular complexity index is 866. The van der Waals surface area contributed by atoms with E-state index < -0.39 is 11.6 Å². The van der Waals surface area contributed by atoms with E-state index in [2.05, 4.69) is 4.99 Å². The van der Waals surface area contributed by atoms with Gasteiger partial charge in [-0.05, 0) is 6.07 Å². The topological polar surface area (TPSA) is 75.8 Å². The van der Waals surface area contributed by atoms with Crippen LogP contribution in [-0.2, 0) is 9.59 Å². The average molecular weight is 349 g/mol. The molecule has 3 rings (SSSR count). The van der Waals surface area contributed by atoms with Crippen molar-refractivity contribution in [2.45, 2.75) is 26.9 Å². The van der Waals surface area contributed by atoms with Crippen molar-refractivity contribution in [3.8, 4) is 0 Å². The predicted octanol–water partition coefficient (Wildman–Crippen LogP) is 2.77. The van der Waals surface area contributed by atoms with Crippen LogP contribution in [0.5, 0.6) is 0 Å². The number of ketones is 1. The van der Waals surface area contributed by atoms with E-state index in [1.165, 1.54) is 4.90 Å². The minimum Gasteiger partial charge on any atom is -0.302 e. The van der Waals surface area contributed by atoms with Crippen molar-refractivity contribution >= 4 is 23.1 Å². The number of carbonyl (C=O) groups excluding carboxylic acids is 2. The first-order valence-electron chi connectivity index (χ1n) is 8.62. The van der Waals surface area contributed by atoms with Crippen LogP contribution in [0.25, 0.3) is 0 Å². The number of nitrogens with two attached hydrogens (primary N) is 1. The van der Waals surface area contributed by atoms with Crippen LogP contribution in [-0.4, -0.2) is 30.1 Å². The van der Waals surface area contributed by atoms with E-state index in [-0.39, 0.29) is 18.2 Å². The first-order valence-corrected chi connectivity index (χ1v) is 8.62. The van der Waals surface area contributed by atoms with Gasteiger partial charge >= 0.3 is 0 Å². The Morgan fingerprint density at radius 1 is 1.08 bits per heavy atom. The number of aliphatic imine (C=N–C) groups is 1. The molecule has 5 heteroatoms. The molecule has 1 aliphatic heterocycles. The van der Waals surface area contributed by atoms with Crippen molar-refractivity contribution in [2.24, 2.45) is 16.1 Å². The van der Waals surface area contributed by atoms with Crippen LogP contribution in [0.15, 0.2) is 59.6 Å². The molecule has 1 atom stereocenters. The molecule has 1 aliphatic rings. The van der Waals surface area contributed by atoms with Gasteiger partial charge in [0.2, 0.25) is 0 Å². The average Bonchev–Trinajstić information content (AvgIpc) is 2.72. The number of benzodiazepines with no additional fused rings is 1. The molecule has 0 bridgehead atoms. The minimum atomic E-state index is -1.05. The molecule has 0 saturated carbocycles. The Balaban J connectivity index is 2.12. The molecule has 0 spiro atoms. The van der Waals surface area contributed by atoms with Gasteiger partial charge in [-0.2, -0.15) is 0 Å². The zero-order chi connectivity index (χ0) is 18.9. The lowest BCUT2D eigenvalue weighted by Gasteiger charge is -2.27. The third kappa shape index (κ3) is 3.44. The van der Waals surface area contributed by atoms with E-state index in [0.29, 0.717) is 11.4 Å². The summed E-state index contributed by atoms with van der Waals surface area (Å²) in [7, 11) is 0. The maximum Gasteiger partial charge on any atom is 0.266 e. The van der Waals surface area contributed by atoms with Crippen LogP contribution in [0, 0.1) is 5.41 Å². The van der Waals surface area contributed by atoms with Crippen molar-refractivity contribution in [2.75, 3.05) is 11.4 Å². The molecule has 2 N–H and O–H groups in total. The molecule has 1 amide bonds. The van der Waals surface area contributed by atoms with Gasteiger partial charge in [-0.1, -0.05) is 69.3 Å². The Morgan fingerprint density at radius 2 is 1.69 bits per heavy atom. The molecule has 0 aromatic heterocycles. The Hall–Kier alpha value is -2.79. The zero-order valence-corrected chi connectivity index (χ0v) is 15.3. The molecule has 26 heavy (non-hydrogen) atoms. The number of carbonyl (C=O) groups is 2. The summed E-state index contributed by atoms with van der Waals surface area (Å²) in [6, 6.07) is 17.1. The highest BCUT2D eigenvalue weighted by molar-refractivity contribution is 6.20. The third-order valence-electron chi connectivity index (χ3n) is 4.42. The maximum absolute atomic E-state index is 12.9. The van der Waals surface area contributed by atoms with Gasteiger partial charge in [0, 0.05) is 16.5 Å².